The van der Waals surface area contributed by atoms with Gasteiger partial charge in [0.15, 0.2) is 0 Å². The Morgan fingerprint density at radius 1 is 1.00 bits per heavy atom. The zero-order valence-corrected chi connectivity index (χ0v) is 23.6. The summed E-state index contributed by atoms with van der Waals surface area (Å²) in [5.74, 6) is -1.93. The van der Waals surface area contributed by atoms with Gasteiger partial charge in [0, 0.05) is 11.8 Å². The minimum atomic E-state index is -0.968. The van der Waals surface area contributed by atoms with Gasteiger partial charge in [-0.15, -0.1) is 0 Å². The number of aliphatic hydroxyl groups excluding tert-OH is 1. The SMILES string of the molecule is COc1cc(OC)c(/C(O)=C2\C(=O)C(=O)N(c3ccc(C(=O)OCC(C)C)cc3)C2c2cccc(C)c2)cc1Cl. The van der Waals surface area contributed by atoms with Crippen molar-refractivity contribution in [2.45, 2.75) is 26.8 Å². The molecule has 0 saturated carbocycles. The number of hydrogen-bond acceptors (Lipinski definition) is 7. The van der Waals surface area contributed by atoms with Gasteiger partial charge in [0.25, 0.3) is 11.7 Å². The number of Topliss-reactive ketones (excluding diaryl/α,β-unsaturated/α-hetero) is 1. The van der Waals surface area contributed by atoms with E-state index in [-0.39, 0.29) is 34.4 Å². The van der Waals surface area contributed by atoms with E-state index >= 15 is 0 Å². The minimum absolute atomic E-state index is 0.129. The molecule has 1 unspecified atom stereocenters. The molecule has 1 N–H and O–H groups in total. The molecule has 1 amide bonds. The van der Waals surface area contributed by atoms with E-state index in [4.69, 9.17) is 25.8 Å². The van der Waals surface area contributed by atoms with E-state index in [1.165, 1.54) is 43.4 Å². The van der Waals surface area contributed by atoms with Crippen LogP contribution < -0.4 is 14.4 Å². The van der Waals surface area contributed by atoms with E-state index < -0.39 is 29.5 Å². The van der Waals surface area contributed by atoms with Crippen molar-refractivity contribution >= 4 is 40.7 Å². The van der Waals surface area contributed by atoms with Crippen LogP contribution in [0.2, 0.25) is 5.02 Å². The first kappa shape index (κ1) is 28.7. The zero-order chi connectivity index (χ0) is 29.1. The highest BCUT2D eigenvalue weighted by molar-refractivity contribution is 6.51. The van der Waals surface area contributed by atoms with Gasteiger partial charge in [0.2, 0.25) is 0 Å². The summed E-state index contributed by atoms with van der Waals surface area (Å²) in [7, 11) is 2.85. The molecular weight excluding hydrogens is 534 g/mol. The van der Waals surface area contributed by atoms with Crippen LogP contribution in [0.5, 0.6) is 11.5 Å². The number of anilines is 1. The van der Waals surface area contributed by atoms with Crippen LogP contribution in [0.25, 0.3) is 5.76 Å². The van der Waals surface area contributed by atoms with Gasteiger partial charge >= 0.3 is 5.97 Å². The fourth-order valence-corrected chi connectivity index (χ4v) is 4.77. The van der Waals surface area contributed by atoms with Crippen LogP contribution in [0.4, 0.5) is 5.69 Å². The van der Waals surface area contributed by atoms with Crippen LogP contribution in [0.3, 0.4) is 0 Å². The monoisotopic (exact) mass is 563 g/mol. The van der Waals surface area contributed by atoms with Crippen LogP contribution in [0.1, 0.15) is 46.9 Å². The Labute approximate surface area is 237 Å². The quantitative estimate of drug-likeness (QED) is 0.153. The molecule has 9 heteroatoms. The maximum absolute atomic E-state index is 13.5. The fraction of sp³-hybridized carbons (Fsp3) is 0.258. The number of ketones is 1. The Kier molecular flexibility index (Phi) is 8.49. The standard InChI is InChI=1S/C31H30ClNO7/c1-17(2)16-40-31(37)19-9-11-21(12-10-19)33-27(20-8-6-7-18(3)13-20)26(29(35)30(33)36)28(34)22-14-23(32)25(39-5)15-24(22)38-4/h6-15,17,27,34H,16H2,1-5H3/b28-26+. The Bertz CT molecular complexity index is 1490. The van der Waals surface area contributed by atoms with Gasteiger partial charge in [-0.25, -0.2) is 4.79 Å². The summed E-state index contributed by atoms with van der Waals surface area (Å²) in [4.78, 5) is 40.8. The number of esters is 1. The fourth-order valence-electron chi connectivity index (χ4n) is 4.53. The topological polar surface area (TPSA) is 102 Å². The van der Waals surface area contributed by atoms with Gasteiger partial charge in [0.05, 0.1) is 48.6 Å². The first-order valence-corrected chi connectivity index (χ1v) is 13.0. The summed E-state index contributed by atoms with van der Waals surface area (Å²) < 4.78 is 16.0. The average molecular weight is 564 g/mol. The lowest BCUT2D eigenvalue weighted by Gasteiger charge is -2.26. The maximum Gasteiger partial charge on any atom is 0.338 e. The summed E-state index contributed by atoms with van der Waals surface area (Å²) in [6.07, 6.45) is 0. The summed E-state index contributed by atoms with van der Waals surface area (Å²) in [6.45, 7) is 6.04. The second-order valence-electron chi connectivity index (χ2n) is 9.81. The van der Waals surface area contributed by atoms with Gasteiger partial charge in [-0.3, -0.25) is 14.5 Å². The molecule has 0 spiro atoms. The predicted octanol–water partition coefficient (Wildman–Crippen LogP) is 6.10. The number of aliphatic hydroxyl groups is 1. The lowest BCUT2D eigenvalue weighted by Crippen LogP contribution is -2.29. The summed E-state index contributed by atoms with van der Waals surface area (Å²) in [5, 5.41) is 11.7. The number of amides is 1. The number of rotatable bonds is 8. The van der Waals surface area contributed by atoms with Crippen molar-refractivity contribution in [1.82, 2.24) is 0 Å². The van der Waals surface area contributed by atoms with Gasteiger partial charge in [0.1, 0.15) is 17.3 Å². The van der Waals surface area contributed by atoms with Gasteiger partial charge in [-0.1, -0.05) is 55.3 Å². The molecule has 1 aliphatic heterocycles. The van der Waals surface area contributed by atoms with Gasteiger partial charge < -0.3 is 19.3 Å². The molecular formula is C31H30ClNO7. The summed E-state index contributed by atoms with van der Waals surface area (Å²) >= 11 is 6.34. The van der Waals surface area contributed by atoms with Crippen molar-refractivity contribution in [3.05, 3.63) is 93.5 Å². The van der Waals surface area contributed by atoms with Crippen molar-refractivity contribution in [2.24, 2.45) is 5.92 Å². The molecule has 0 radical (unpaired) electrons. The second-order valence-corrected chi connectivity index (χ2v) is 10.2. The number of benzene rings is 3. The van der Waals surface area contributed by atoms with Crippen molar-refractivity contribution in [2.75, 3.05) is 25.7 Å². The normalized spacial score (nSPS) is 16.4. The van der Waals surface area contributed by atoms with E-state index in [1.807, 2.05) is 39.0 Å². The lowest BCUT2D eigenvalue weighted by molar-refractivity contribution is -0.132. The highest BCUT2D eigenvalue weighted by Crippen LogP contribution is 2.44. The maximum atomic E-state index is 13.5. The smallest absolute Gasteiger partial charge is 0.338 e. The van der Waals surface area contributed by atoms with Crippen LogP contribution in [-0.2, 0) is 14.3 Å². The molecule has 0 bridgehead atoms. The van der Waals surface area contributed by atoms with Crippen LogP contribution in [0.15, 0.2) is 66.2 Å². The number of hydrogen-bond donors (Lipinski definition) is 1. The van der Waals surface area contributed by atoms with Gasteiger partial charge in [-0.2, -0.15) is 0 Å². The van der Waals surface area contributed by atoms with E-state index in [0.717, 1.165) is 5.56 Å². The molecule has 1 fully saturated rings. The van der Waals surface area contributed by atoms with Crippen molar-refractivity contribution in [1.29, 1.82) is 0 Å². The molecule has 3 aromatic carbocycles. The highest BCUT2D eigenvalue weighted by Gasteiger charge is 2.47. The molecule has 3 aromatic rings. The molecule has 8 nitrogen and oxygen atoms in total. The molecule has 1 atom stereocenters. The third-order valence-electron chi connectivity index (χ3n) is 6.46. The Balaban J connectivity index is 1.86. The number of ether oxygens (including phenoxy) is 3. The van der Waals surface area contributed by atoms with E-state index in [0.29, 0.717) is 22.6 Å². The third-order valence-corrected chi connectivity index (χ3v) is 6.76. The van der Waals surface area contributed by atoms with E-state index in [9.17, 15) is 19.5 Å². The van der Waals surface area contributed by atoms with Crippen molar-refractivity contribution in [3.63, 3.8) is 0 Å². The first-order valence-electron chi connectivity index (χ1n) is 12.6. The third kappa shape index (κ3) is 5.53. The summed E-state index contributed by atoms with van der Waals surface area (Å²) in [5.41, 5.74) is 2.19. The Morgan fingerprint density at radius 3 is 2.27 bits per heavy atom. The molecule has 0 aliphatic carbocycles. The molecule has 4 rings (SSSR count). The van der Waals surface area contributed by atoms with Crippen LogP contribution in [0, 0.1) is 12.8 Å². The van der Waals surface area contributed by atoms with E-state index in [2.05, 4.69) is 0 Å². The van der Waals surface area contributed by atoms with Gasteiger partial charge in [-0.05, 0) is 48.7 Å². The first-order chi connectivity index (χ1) is 19.1. The number of carbonyl (C=O) groups is 3. The molecule has 208 valence electrons. The number of carbonyl (C=O) groups excluding carboxylic acids is 3. The number of methoxy groups -OCH3 is 2. The Morgan fingerprint density at radius 2 is 1.68 bits per heavy atom. The van der Waals surface area contributed by atoms with Crippen molar-refractivity contribution in [3.8, 4) is 11.5 Å². The molecule has 40 heavy (non-hydrogen) atoms. The number of aryl methyl sites for hydroxylation is 1. The highest BCUT2D eigenvalue weighted by atomic mass is 35.5. The molecule has 1 aliphatic rings. The number of nitrogens with zero attached hydrogens (tertiary/aromatic N) is 1. The number of halogens is 1. The van der Waals surface area contributed by atoms with Crippen LogP contribution >= 0.6 is 11.6 Å². The Hall–Kier alpha value is -4.30. The molecule has 1 heterocycles. The predicted molar refractivity (Wildman–Crippen MR) is 152 cm³/mol. The molecule has 0 aromatic heterocycles. The van der Waals surface area contributed by atoms with Crippen molar-refractivity contribution < 1.29 is 33.7 Å². The lowest BCUT2D eigenvalue weighted by atomic mass is 9.94. The second kappa shape index (κ2) is 11.8. The van der Waals surface area contributed by atoms with Crippen LogP contribution in [-0.4, -0.2) is 43.6 Å². The minimum Gasteiger partial charge on any atom is -0.507 e. The average Bonchev–Trinajstić information content (AvgIpc) is 3.21. The zero-order valence-electron chi connectivity index (χ0n) is 22.9. The van der Waals surface area contributed by atoms with E-state index in [1.54, 1.807) is 18.2 Å². The largest absolute Gasteiger partial charge is 0.507 e. The summed E-state index contributed by atoms with van der Waals surface area (Å²) in [6, 6.07) is 15.5. The molecule has 1 saturated heterocycles.